The first-order chi connectivity index (χ1) is 7.43. The van der Waals surface area contributed by atoms with Crippen LogP contribution in [0.5, 0.6) is 0 Å². The smallest absolute Gasteiger partial charge is 0.131 e. The van der Waals surface area contributed by atoms with Gasteiger partial charge in [0.15, 0.2) is 0 Å². The van der Waals surface area contributed by atoms with Crippen LogP contribution in [0.2, 0.25) is 0 Å². The molecular weight excluding hydrogens is 186 g/mol. The average Bonchev–Trinajstić information content (AvgIpc) is 2.89. The summed E-state index contributed by atoms with van der Waals surface area (Å²) >= 11 is 0. The topological polar surface area (TPSA) is 28.2 Å². The lowest BCUT2D eigenvalue weighted by Gasteiger charge is -2.22. The fourth-order valence-corrected chi connectivity index (χ4v) is 2.63. The van der Waals surface area contributed by atoms with E-state index in [4.69, 9.17) is 0 Å². The van der Waals surface area contributed by atoms with Crippen molar-refractivity contribution in [3.63, 3.8) is 0 Å². The number of hydrogen-bond donors (Lipinski definition) is 1. The Morgan fingerprint density at radius 2 is 2.53 bits per heavy atom. The molecule has 1 fully saturated rings. The van der Waals surface area contributed by atoms with Gasteiger partial charge in [-0.05, 0) is 37.4 Å². The maximum atomic E-state index is 4.48. The number of rotatable bonds is 2. The zero-order valence-corrected chi connectivity index (χ0v) is 8.95. The first-order valence-corrected chi connectivity index (χ1v) is 5.86. The van der Waals surface area contributed by atoms with Crippen LogP contribution in [0.3, 0.4) is 0 Å². The van der Waals surface area contributed by atoms with Gasteiger partial charge in [0, 0.05) is 25.3 Å². The standard InChI is InChI=1S/C12H17N3/c1-3-10-5-8-15(12(10)14-7-1)9-11-4-2-6-13-11/h1,3,7,11,13H,2,4-6,8-9H2. The monoisotopic (exact) mass is 203 g/mol. The summed E-state index contributed by atoms with van der Waals surface area (Å²) in [6, 6.07) is 4.92. The summed E-state index contributed by atoms with van der Waals surface area (Å²) < 4.78 is 0. The molecule has 1 saturated heterocycles. The van der Waals surface area contributed by atoms with Gasteiger partial charge in [-0.15, -0.1) is 0 Å². The van der Waals surface area contributed by atoms with Gasteiger partial charge < -0.3 is 10.2 Å². The van der Waals surface area contributed by atoms with Crippen molar-refractivity contribution >= 4 is 5.82 Å². The number of anilines is 1. The fraction of sp³-hybridized carbons (Fsp3) is 0.583. The van der Waals surface area contributed by atoms with Crippen LogP contribution in [0.4, 0.5) is 5.82 Å². The third-order valence-electron chi connectivity index (χ3n) is 3.42. The summed E-state index contributed by atoms with van der Waals surface area (Å²) in [6.45, 7) is 3.46. The lowest BCUT2D eigenvalue weighted by molar-refractivity contribution is 0.587. The van der Waals surface area contributed by atoms with E-state index < -0.39 is 0 Å². The van der Waals surface area contributed by atoms with E-state index in [2.05, 4.69) is 21.3 Å². The van der Waals surface area contributed by atoms with Crippen molar-refractivity contribution in [3.8, 4) is 0 Å². The quantitative estimate of drug-likeness (QED) is 0.782. The molecule has 1 N–H and O–H groups in total. The minimum atomic E-state index is 0.679. The van der Waals surface area contributed by atoms with Crippen LogP contribution >= 0.6 is 0 Å². The number of nitrogens with zero attached hydrogens (tertiary/aromatic N) is 2. The molecule has 3 rings (SSSR count). The van der Waals surface area contributed by atoms with Gasteiger partial charge in [-0.3, -0.25) is 0 Å². The molecule has 2 aliphatic rings. The summed E-state index contributed by atoms with van der Waals surface area (Å²) in [7, 11) is 0. The summed E-state index contributed by atoms with van der Waals surface area (Å²) in [4.78, 5) is 6.91. The minimum absolute atomic E-state index is 0.679. The molecule has 80 valence electrons. The van der Waals surface area contributed by atoms with E-state index in [0.29, 0.717) is 6.04 Å². The van der Waals surface area contributed by atoms with Crippen LogP contribution in [-0.2, 0) is 6.42 Å². The number of fused-ring (bicyclic) bond motifs is 1. The molecule has 1 atom stereocenters. The number of pyridine rings is 1. The highest BCUT2D eigenvalue weighted by molar-refractivity contribution is 5.51. The Bertz CT molecular complexity index is 344. The Morgan fingerprint density at radius 3 is 3.40 bits per heavy atom. The Hall–Kier alpha value is -1.09. The molecule has 0 aromatic carbocycles. The van der Waals surface area contributed by atoms with E-state index in [1.54, 1.807) is 0 Å². The van der Waals surface area contributed by atoms with Gasteiger partial charge in [0.25, 0.3) is 0 Å². The predicted octanol–water partition coefficient (Wildman–Crippen LogP) is 1.20. The second-order valence-electron chi connectivity index (χ2n) is 4.48. The molecule has 0 radical (unpaired) electrons. The van der Waals surface area contributed by atoms with Crippen molar-refractivity contribution in [3.05, 3.63) is 23.9 Å². The zero-order chi connectivity index (χ0) is 10.1. The highest BCUT2D eigenvalue weighted by atomic mass is 15.2. The Labute approximate surface area is 90.5 Å². The molecule has 0 bridgehead atoms. The molecule has 1 aromatic heterocycles. The lowest BCUT2D eigenvalue weighted by atomic mass is 10.2. The number of nitrogens with one attached hydrogen (secondary N) is 1. The van der Waals surface area contributed by atoms with Gasteiger partial charge in [0.2, 0.25) is 0 Å². The van der Waals surface area contributed by atoms with E-state index in [9.17, 15) is 0 Å². The lowest BCUT2D eigenvalue weighted by Crippen LogP contribution is -2.36. The highest BCUT2D eigenvalue weighted by Gasteiger charge is 2.24. The maximum Gasteiger partial charge on any atom is 0.131 e. The summed E-state index contributed by atoms with van der Waals surface area (Å²) in [6.07, 6.45) is 5.71. The molecule has 3 heterocycles. The fourth-order valence-electron chi connectivity index (χ4n) is 2.63. The molecule has 1 unspecified atom stereocenters. The molecule has 1 aromatic rings. The molecule has 0 spiro atoms. The predicted molar refractivity (Wildman–Crippen MR) is 61.2 cm³/mol. The van der Waals surface area contributed by atoms with Gasteiger partial charge in [-0.25, -0.2) is 4.98 Å². The van der Waals surface area contributed by atoms with Crippen LogP contribution in [0, 0.1) is 0 Å². The van der Waals surface area contributed by atoms with Crippen LogP contribution in [0.1, 0.15) is 18.4 Å². The van der Waals surface area contributed by atoms with Gasteiger partial charge in [0.05, 0.1) is 0 Å². The maximum absolute atomic E-state index is 4.48. The van der Waals surface area contributed by atoms with Crippen molar-refractivity contribution in [2.45, 2.75) is 25.3 Å². The average molecular weight is 203 g/mol. The first kappa shape index (κ1) is 9.16. The molecule has 0 saturated carbocycles. The normalized spacial score (nSPS) is 24.5. The van der Waals surface area contributed by atoms with Gasteiger partial charge in [-0.2, -0.15) is 0 Å². The molecular formula is C12H17N3. The van der Waals surface area contributed by atoms with Crippen LogP contribution in [0.25, 0.3) is 0 Å². The Morgan fingerprint density at radius 1 is 1.53 bits per heavy atom. The van der Waals surface area contributed by atoms with E-state index in [-0.39, 0.29) is 0 Å². The highest BCUT2D eigenvalue weighted by Crippen LogP contribution is 2.25. The number of hydrogen-bond acceptors (Lipinski definition) is 3. The molecule has 15 heavy (non-hydrogen) atoms. The third kappa shape index (κ3) is 1.72. The minimum Gasteiger partial charge on any atom is -0.354 e. The zero-order valence-electron chi connectivity index (χ0n) is 8.95. The Kier molecular flexibility index (Phi) is 2.33. The second kappa shape index (κ2) is 3.81. The summed E-state index contributed by atoms with van der Waals surface area (Å²) in [5.41, 5.74) is 1.41. The Balaban J connectivity index is 1.73. The first-order valence-electron chi connectivity index (χ1n) is 5.86. The third-order valence-corrected chi connectivity index (χ3v) is 3.42. The molecule has 2 aliphatic heterocycles. The SMILES string of the molecule is c1cnc2c(c1)CCN2CC1CCCN1. The van der Waals surface area contributed by atoms with E-state index in [1.165, 1.54) is 30.8 Å². The van der Waals surface area contributed by atoms with Crippen LogP contribution < -0.4 is 10.2 Å². The van der Waals surface area contributed by atoms with E-state index >= 15 is 0 Å². The van der Waals surface area contributed by atoms with Crippen molar-refractivity contribution < 1.29 is 0 Å². The van der Waals surface area contributed by atoms with Crippen molar-refractivity contribution in [1.82, 2.24) is 10.3 Å². The van der Waals surface area contributed by atoms with Gasteiger partial charge in [0.1, 0.15) is 5.82 Å². The largest absolute Gasteiger partial charge is 0.354 e. The van der Waals surface area contributed by atoms with Crippen molar-refractivity contribution in [2.75, 3.05) is 24.5 Å². The molecule has 3 nitrogen and oxygen atoms in total. The molecule has 3 heteroatoms. The van der Waals surface area contributed by atoms with E-state index in [1.807, 2.05) is 12.3 Å². The summed E-state index contributed by atoms with van der Waals surface area (Å²) in [5, 5.41) is 3.54. The molecule has 0 aliphatic carbocycles. The second-order valence-corrected chi connectivity index (χ2v) is 4.48. The van der Waals surface area contributed by atoms with Crippen molar-refractivity contribution in [2.24, 2.45) is 0 Å². The molecule has 0 amide bonds. The van der Waals surface area contributed by atoms with E-state index in [0.717, 1.165) is 19.5 Å². The summed E-state index contributed by atoms with van der Waals surface area (Å²) in [5.74, 6) is 1.21. The van der Waals surface area contributed by atoms with Crippen LogP contribution in [-0.4, -0.2) is 30.7 Å². The van der Waals surface area contributed by atoms with Gasteiger partial charge >= 0.3 is 0 Å². The number of aromatic nitrogens is 1. The van der Waals surface area contributed by atoms with Gasteiger partial charge in [-0.1, -0.05) is 6.07 Å². The van der Waals surface area contributed by atoms with Crippen molar-refractivity contribution in [1.29, 1.82) is 0 Å². The van der Waals surface area contributed by atoms with Crippen LogP contribution in [0.15, 0.2) is 18.3 Å².